The molecule has 0 bridgehead atoms. The summed E-state index contributed by atoms with van der Waals surface area (Å²) in [5, 5.41) is 3.01. The molecule has 6 heteroatoms. The Bertz CT molecular complexity index is 834. The summed E-state index contributed by atoms with van der Waals surface area (Å²) in [6.07, 6.45) is 2.24. The van der Waals surface area contributed by atoms with Crippen LogP contribution in [-0.2, 0) is 9.59 Å². The molecule has 1 fully saturated rings. The van der Waals surface area contributed by atoms with Crippen molar-refractivity contribution in [3.63, 3.8) is 0 Å². The Balaban J connectivity index is 1.31. The van der Waals surface area contributed by atoms with Gasteiger partial charge >= 0.3 is 0 Å². The molecule has 0 radical (unpaired) electrons. The minimum atomic E-state index is -0.171. The molecular formula is C21H22N2O4. The number of amides is 2. The second-order valence-electron chi connectivity index (χ2n) is 6.73. The molecule has 1 saturated heterocycles. The number of carbonyl (C=O) groups is 2. The number of nitrogens with zero attached hydrogens (tertiary/aromatic N) is 1. The van der Waals surface area contributed by atoms with Crippen LogP contribution in [0.4, 0.5) is 5.69 Å². The standard InChI is InChI=1S/C21H22N2O4/c24-20(22-18-11-13-26-19-5-2-1-4-17(18)19)14-27-16-9-7-15(8-10-16)23-12-3-6-21(23)25/h1-2,4-5,7-10,18H,3,6,11-14H2,(H,22,24)/t18-/m0/s1. The lowest BCUT2D eigenvalue weighted by Gasteiger charge is -2.26. The van der Waals surface area contributed by atoms with Crippen LogP contribution in [-0.4, -0.2) is 31.6 Å². The predicted octanol–water partition coefficient (Wildman–Crippen LogP) is 2.83. The van der Waals surface area contributed by atoms with Crippen molar-refractivity contribution >= 4 is 17.5 Å². The van der Waals surface area contributed by atoms with Crippen LogP contribution >= 0.6 is 0 Å². The Morgan fingerprint density at radius 1 is 1.19 bits per heavy atom. The van der Waals surface area contributed by atoms with E-state index in [-0.39, 0.29) is 24.5 Å². The number of fused-ring (bicyclic) bond motifs is 1. The molecule has 140 valence electrons. The Labute approximate surface area is 158 Å². The van der Waals surface area contributed by atoms with Crippen molar-refractivity contribution in [1.29, 1.82) is 0 Å². The molecule has 0 saturated carbocycles. The molecule has 2 aromatic carbocycles. The first-order valence-electron chi connectivity index (χ1n) is 9.25. The summed E-state index contributed by atoms with van der Waals surface area (Å²) in [6, 6.07) is 15.0. The van der Waals surface area contributed by atoms with Gasteiger partial charge in [0.05, 0.1) is 12.6 Å². The maximum atomic E-state index is 12.3. The van der Waals surface area contributed by atoms with E-state index < -0.39 is 0 Å². The van der Waals surface area contributed by atoms with Gasteiger partial charge in [-0.2, -0.15) is 0 Å². The number of ether oxygens (including phenoxy) is 2. The van der Waals surface area contributed by atoms with Gasteiger partial charge in [0.2, 0.25) is 5.91 Å². The van der Waals surface area contributed by atoms with Crippen molar-refractivity contribution in [1.82, 2.24) is 5.32 Å². The van der Waals surface area contributed by atoms with E-state index in [0.29, 0.717) is 18.8 Å². The summed E-state index contributed by atoms with van der Waals surface area (Å²) in [7, 11) is 0. The van der Waals surface area contributed by atoms with E-state index in [1.165, 1.54) is 0 Å². The second kappa shape index (κ2) is 7.70. The fraction of sp³-hybridized carbons (Fsp3) is 0.333. The van der Waals surface area contributed by atoms with E-state index in [9.17, 15) is 9.59 Å². The van der Waals surface area contributed by atoms with Gasteiger partial charge in [-0.25, -0.2) is 0 Å². The minimum Gasteiger partial charge on any atom is -0.493 e. The highest BCUT2D eigenvalue weighted by Crippen LogP contribution is 2.31. The smallest absolute Gasteiger partial charge is 0.258 e. The average Bonchev–Trinajstić information content (AvgIpc) is 3.13. The van der Waals surface area contributed by atoms with Crippen LogP contribution in [0.15, 0.2) is 48.5 Å². The molecule has 6 nitrogen and oxygen atoms in total. The number of anilines is 1. The highest BCUT2D eigenvalue weighted by atomic mass is 16.5. The lowest BCUT2D eigenvalue weighted by molar-refractivity contribution is -0.124. The normalized spacial score (nSPS) is 18.6. The molecule has 2 aliphatic heterocycles. The summed E-state index contributed by atoms with van der Waals surface area (Å²) in [5.41, 5.74) is 1.87. The second-order valence-corrected chi connectivity index (χ2v) is 6.73. The Morgan fingerprint density at radius 2 is 2.00 bits per heavy atom. The molecule has 1 N–H and O–H groups in total. The molecule has 27 heavy (non-hydrogen) atoms. The van der Waals surface area contributed by atoms with Gasteiger partial charge in [-0.15, -0.1) is 0 Å². The highest BCUT2D eigenvalue weighted by Gasteiger charge is 2.23. The van der Waals surface area contributed by atoms with Gasteiger partial charge in [0.1, 0.15) is 11.5 Å². The first-order chi connectivity index (χ1) is 13.2. The summed E-state index contributed by atoms with van der Waals surface area (Å²) in [5.74, 6) is 1.41. The van der Waals surface area contributed by atoms with Crippen LogP contribution in [0.5, 0.6) is 11.5 Å². The minimum absolute atomic E-state index is 0.0541. The lowest BCUT2D eigenvalue weighted by atomic mass is 10.0. The van der Waals surface area contributed by atoms with E-state index in [2.05, 4.69) is 5.32 Å². The van der Waals surface area contributed by atoms with Gasteiger partial charge in [0.25, 0.3) is 5.91 Å². The van der Waals surface area contributed by atoms with Gasteiger partial charge in [-0.1, -0.05) is 18.2 Å². The van der Waals surface area contributed by atoms with Crippen LogP contribution in [0, 0.1) is 0 Å². The van der Waals surface area contributed by atoms with Crippen LogP contribution in [0.25, 0.3) is 0 Å². The van der Waals surface area contributed by atoms with Gasteiger partial charge < -0.3 is 19.7 Å². The Kier molecular flexibility index (Phi) is 4.96. The fourth-order valence-corrected chi connectivity index (χ4v) is 3.52. The zero-order valence-corrected chi connectivity index (χ0v) is 15.0. The molecule has 0 aliphatic carbocycles. The molecule has 2 aliphatic rings. The summed E-state index contributed by atoms with van der Waals surface area (Å²) < 4.78 is 11.2. The van der Waals surface area contributed by atoms with E-state index in [4.69, 9.17) is 9.47 Å². The first kappa shape index (κ1) is 17.4. The van der Waals surface area contributed by atoms with Gasteiger partial charge in [0, 0.05) is 30.6 Å². The highest BCUT2D eigenvalue weighted by molar-refractivity contribution is 5.95. The zero-order chi connectivity index (χ0) is 18.6. The van der Waals surface area contributed by atoms with Gasteiger partial charge in [-0.3, -0.25) is 9.59 Å². The molecule has 2 heterocycles. The van der Waals surface area contributed by atoms with E-state index in [1.807, 2.05) is 36.4 Å². The summed E-state index contributed by atoms with van der Waals surface area (Å²) >= 11 is 0. The average molecular weight is 366 g/mol. The number of carbonyl (C=O) groups excluding carboxylic acids is 2. The van der Waals surface area contributed by atoms with Crippen molar-refractivity contribution in [3.8, 4) is 11.5 Å². The number of rotatable bonds is 5. The number of benzene rings is 2. The molecule has 4 rings (SSSR count). The van der Waals surface area contributed by atoms with Gasteiger partial charge in [0.15, 0.2) is 6.61 Å². The third-order valence-electron chi connectivity index (χ3n) is 4.89. The third kappa shape index (κ3) is 3.89. The van der Waals surface area contributed by atoms with Crippen molar-refractivity contribution in [2.24, 2.45) is 0 Å². The van der Waals surface area contributed by atoms with Crippen molar-refractivity contribution < 1.29 is 19.1 Å². The largest absolute Gasteiger partial charge is 0.493 e. The van der Waals surface area contributed by atoms with Crippen LogP contribution in [0.3, 0.4) is 0 Å². The SMILES string of the molecule is O=C(COc1ccc(N2CCCC2=O)cc1)N[C@H]1CCOc2ccccc21. The van der Waals surface area contributed by atoms with Crippen LogP contribution in [0.1, 0.15) is 30.9 Å². The molecule has 2 aromatic rings. The molecule has 0 unspecified atom stereocenters. The monoisotopic (exact) mass is 366 g/mol. The number of hydrogen-bond acceptors (Lipinski definition) is 4. The lowest BCUT2D eigenvalue weighted by Crippen LogP contribution is -2.35. The zero-order valence-electron chi connectivity index (χ0n) is 15.0. The van der Waals surface area contributed by atoms with Gasteiger partial charge in [-0.05, 0) is 36.8 Å². The first-order valence-corrected chi connectivity index (χ1v) is 9.25. The number of hydrogen-bond donors (Lipinski definition) is 1. The van der Waals surface area contributed by atoms with E-state index in [0.717, 1.165) is 36.4 Å². The quantitative estimate of drug-likeness (QED) is 0.884. The fourth-order valence-electron chi connectivity index (χ4n) is 3.52. The summed E-state index contributed by atoms with van der Waals surface area (Å²) in [6.45, 7) is 1.29. The maximum absolute atomic E-state index is 12.3. The molecule has 1 atom stereocenters. The molecule has 0 aromatic heterocycles. The predicted molar refractivity (Wildman–Crippen MR) is 101 cm³/mol. The van der Waals surface area contributed by atoms with E-state index >= 15 is 0 Å². The third-order valence-corrected chi connectivity index (χ3v) is 4.89. The van der Waals surface area contributed by atoms with Crippen molar-refractivity contribution in [3.05, 3.63) is 54.1 Å². The van der Waals surface area contributed by atoms with Crippen LogP contribution < -0.4 is 19.7 Å². The molecule has 0 spiro atoms. The van der Waals surface area contributed by atoms with Crippen molar-refractivity contribution in [2.45, 2.75) is 25.3 Å². The Morgan fingerprint density at radius 3 is 2.78 bits per heavy atom. The number of nitrogens with one attached hydrogen (secondary N) is 1. The maximum Gasteiger partial charge on any atom is 0.258 e. The number of para-hydroxylation sites is 1. The van der Waals surface area contributed by atoms with E-state index in [1.54, 1.807) is 17.0 Å². The molecular weight excluding hydrogens is 344 g/mol. The van der Waals surface area contributed by atoms with Crippen molar-refractivity contribution in [2.75, 3.05) is 24.7 Å². The molecule has 2 amide bonds. The van der Waals surface area contributed by atoms with Crippen LogP contribution in [0.2, 0.25) is 0 Å². The summed E-state index contributed by atoms with van der Waals surface area (Å²) in [4.78, 5) is 25.8. The Hall–Kier alpha value is -3.02. The topological polar surface area (TPSA) is 67.9 Å².